The van der Waals surface area contributed by atoms with Gasteiger partial charge in [0.2, 0.25) is 17.7 Å². The summed E-state index contributed by atoms with van der Waals surface area (Å²) in [6.07, 6.45) is 4.34. The van der Waals surface area contributed by atoms with Crippen LogP contribution >= 0.6 is 0 Å². The van der Waals surface area contributed by atoms with Crippen molar-refractivity contribution in [2.75, 3.05) is 13.1 Å². The van der Waals surface area contributed by atoms with Crippen LogP contribution in [0.4, 0.5) is 0 Å². The third-order valence-corrected chi connectivity index (χ3v) is 3.70. The van der Waals surface area contributed by atoms with E-state index in [1.807, 2.05) is 12.1 Å². The van der Waals surface area contributed by atoms with Gasteiger partial charge in [0.1, 0.15) is 11.5 Å². The molecular weight excluding hydrogens is 296 g/mol. The maximum Gasteiger partial charge on any atom is 0.228 e. The Morgan fingerprint density at radius 1 is 1.43 bits per heavy atom. The fourth-order valence-corrected chi connectivity index (χ4v) is 2.53. The summed E-state index contributed by atoms with van der Waals surface area (Å²) >= 11 is 0. The van der Waals surface area contributed by atoms with Crippen LogP contribution in [0.5, 0.6) is 0 Å². The Morgan fingerprint density at radius 2 is 2.30 bits per heavy atom. The van der Waals surface area contributed by atoms with Crippen LogP contribution in [0.25, 0.3) is 11.5 Å². The first-order chi connectivity index (χ1) is 11.1. The van der Waals surface area contributed by atoms with Crippen LogP contribution in [0.2, 0.25) is 0 Å². The van der Waals surface area contributed by atoms with E-state index in [1.165, 1.54) is 6.92 Å². The maximum atomic E-state index is 12.2. The molecule has 1 aliphatic rings. The van der Waals surface area contributed by atoms with Gasteiger partial charge >= 0.3 is 0 Å². The summed E-state index contributed by atoms with van der Waals surface area (Å²) in [7, 11) is 0. The van der Waals surface area contributed by atoms with Gasteiger partial charge in [0.05, 0.1) is 12.1 Å². The monoisotopic (exact) mass is 314 g/mol. The van der Waals surface area contributed by atoms with E-state index in [9.17, 15) is 9.59 Å². The molecule has 2 amide bonds. The number of nitrogens with one attached hydrogen (secondary N) is 1. The van der Waals surface area contributed by atoms with Crippen molar-refractivity contribution in [2.45, 2.75) is 26.3 Å². The molecule has 0 aliphatic carbocycles. The number of hydrogen-bond donors (Lipinski definition) is 1. The van der Waals surface area contributed by atoms with E-state index in [4.69, 9.17) is 4.42 Å². The van der Waals surface area contributed by atoms with Gasteiger partial charge in [0, 0.05) is 45.2 Å². The van der Waals surface area contributed by atoms with Gasteiger partial charge in [0.15, 0.2) is 0 Å². The number of carbonyl (C=O) groups is 2. The van der Waals surface area contributed by atoms with Crippen LogP contribution in [0.1, 0.15) is 24.8 Å². The Balaban J connectivity index is 1.65. The summed E-state index contributed by atoms with van der Waals surface area (Å²) in [6.45, 7) is 2.84. The van der Waals surface area contributed by atoms with Crippen molar-refractivity contribution in [1.82, 2.24) is 20.2 Å². The van der Waals surface area contributed by atoms with Crippen LogP contribution in [-0.2, 0) is 22.6 Å². The second-order valence-electron chi connectivity index (χ2n) is 5.43. The SMILES string of the molecule is CC(=O)NCCC(=O)N1CCc2oc(-c3cccnc3)nc2C1. The molecule has 0 bridgehead atoms. The minimum absolute atomic E-state index is 0.00956. The van der Waals surface area contributed by atoms with Crippen molar-refractivity contribution >= 4 is 11.8 Å². The minimum Gasteiger partial charge on any atom is -0.441 e. The van der Waals surface area contributed by atoms with Crippen LogP contribution in [0, 0.1) is 0 Å². The van der Waals surface area contributed by atoms with Gasteiger partial charge in [0.25, 0.3) is 0 Å². The summed E-state index contributed by atoms with van der Waals surface area (Å²) < 4.78 is 5.79. The number of aromatic nitrogens is 2. The summed E-state index contributed by atoms with van der Waals surface area (Å²) in [4.78, 5) is 33.3. The van der Waals surface area contributed by atoms with Gasteiger partial charge in [-0.1, -0.05) is 0 Å². The van der Waals surface area contributed by atoms with Gasteiger partial charge in [-0.15, -0.1) is 0 Å². The highest BCUT2D eigenvalue weighted by Crippen LogP contribution is 2.25. The van der Waals surface area contributed by atoms with Gasteiger partial charge in [-0.3, -0.25) is 14.6 Å². The third kappa shape index (κ3) is 3.56. The second-order valence-corrected chi connectivity index (χ2v) is 5.43. The van der Waals surface area contributed by atoms with Gasteiger partial charge in [-0.2, -0.15) is 0 Å². The number of oxazole rings is 1. The molecule has 0 fully saturated rings. The number of rotatable bonds is 4. The first-order valence-corrected chi connectivity index (χ1v) is 7.54. The average Bonchev–Trinajstić information content (AvgIpc) is 2.98. The molecule has 0 aromatic carbocycles. The molecule has 7 nitrogen and oxygen atoms in total. The van der Waals surface area contributed by atoms with Crippen LogP contribution in [0.15, 0.2) is 28.9 Å². The normalized spacial score (nSPS) is 13.5. The Kier molecular flexibility index (Phi) is 4.36. The summed E-state index contributed by atoms with van der Waals surface area (Å²) in [5.41, 5.74) is 1.62. The number of nitrogens with zero attached hydrogens (tertiary/aromatic N) is 3. The van der Waals surface area contributed by atoms with Crippen LogP contribution in [0.3, 0.4) is 0 Å². The number of fused-ring (bicyclic) bond motifs is 1. The first kappa shape index (κ1) is 15.2. The van der Waals surface area contributed by atoms with Gasteiger partial charge in [-0.05, 0) is 12.1 Å². The molecule has 0 unspecified atom stereocenters. The predicted octanol–water partition coefficient (Wildman–Crippen LogP) is 1.15. The summed E-state index contributed by atoms with van der Waals surface area (Å²) in [6, 6.07) is 3.72. The Labute approximate surface area is 133 Å². The summed E-state index contributed by atoms with van der Waals surface area (Å²) in [5, 5.41) is 2.63. The predicted molar refractivity (Wildman–Crippen MR) is 82.2 cm³/mol. The van der Waals surface area contributed by atoms with Crippen molar-refractivity contribution in [3.05, 3.63) is 36.0 Å². The fourth-order valence-electron chi connectivity index (χ4n) is 2.53. The molecule has 0 saturated carbocycles. The lowest BCUT2D eigenvalue weighted by Crippen LogP contribution is -2.37. The lowest BCUT2D eigenvalue weighted by molar-refractivity contribution is -0.132. The van der Waals surface area contributed by atoms with Crippen molar-refractivity contribution in [3.63, 3.8) is 0 Å². The largest absolute Gasteiger partial charge is 0.441 e. The van der Waals surface area contributed by atoms with Crippen molar-refractivity contribution in [3.8, 4) is 11.5 Å². The highest BCUT2D eigenvalue weighted by atomic mass is 16.4. The van der Waals surface area contributed by atoms with E-state index in [0.29, 0.717) is 38.4 Å². The van der Waals surface area contributed by atoms with Gasteiger partial charge in [-0.25, -0.2) is 4.98 Å². The summed E-state index contributed by atoms with van der Waals surface area (Å²) in [5.74, 6) is 1.25. The quantitative estimate of drug-likeness (QED) is 0.914. The van der Waals surface area contributed by atoms with E-state index in [2.05, 4.69) is 15.3 Å². The van der Waals surface area contributed by atoms with Crippen LogP contribution in [-0.4, -0.2) is 39.8 Å². The third-order valence-electron chi connectivity index (χ3n) is 3.70. The molecule has 1 N–H and O–H groups in total. The molecule has 120 valence electrons. The lowest BCUT2D eigenvalue weighted by atomic mass is 10.1. The molecule has 0 atom stereocenters. The van der Waals surface area contributed by atoms with E-state index >= 15 is 0 Å². The van der Waals surface area contributed by atoms with E-state index in [-0.39, 0.29) is 11.8 Å². The van der Waals surface area contributed by atoms with Crippen molar-refractivity contribution in [1.29, 1.82) is 0 Å². The topological polar surface area (TPSA) is 88.3 Å². The zero-order valence-electron chi connectivity index (χ0n) is 12.9. The number of pyridine rings is 1. The molecule has 2 aromatic rings. The Hall–Kier alpha value is -2.70. The van der Waals surface area contributed by atoms with Crippen molar-refractivity contribution < 1.29 is 14.0 Å². The Bertz CT molecular complexity index is 711. The zero-order chi connectivity index (χ0) is 16.2. The molecular formula is C16H18N4O3. The van der Waals surface area contributed by atoms with Gasteiger partial charge < -0.3 is 14.6 Å². The molecule has 1 aliphatic heterocycles. The first-order valence-electron chi connectivity index (χ1n) is 7.54. The lowest BCUT2D eigenvalue weighted by Gasteiger charge is -2.25. The zero-order valence-corrected chi connectivity index (χ0v) is 12.9. The number of hydrogen-bond acceptors (Lipinski definition) is 5. The second kappa shape index (κ2) is 6.60. The van der Waals surface area contributed by atoms with Crippen molar-refractivity contribution in [2.24, 2.45) is 0 Å². The maximum absolute atomic E-state index is 12.2. The van der Waals surface area contributed by atoms with E-state index in [0.717, 1.165) is 17.0 Å². The molecule has 0 spiro atoms. The van der Waals surface area contributed by atoms with Crippen LogP contribution < -0.4 is 5.32 Å². The van der Waals surface area contributed by atoms with E-state index in [1.54, 1.807) is 17.3 Å². The molecule has 2 aromatic heterocycles. The average molecular weight is 314 g/mol. The van der Waals surface area contributed by atoms with E-state index < -0.39 is 0 Å². The smallest absolute Gasteiger partial charge is 0.228 e. The molecule has 3 heterocycles. The number of amides is 2. The fraction of sp³-hybridized carbons (Fsp3) is 0.375. The number of carbonyl (C=O) groups excluding carboxylic acids is 2. The minimum atomic E-state index is -0.128. The molecule has 7 heteroatoms. The standard InChI is InChI=1S/C16H18N4O3/c1-11(21)18-7-4-15(22)20-8-5-14-13(10-20)19-16(23-14)12-3-2-6-17-9-12/h2-3,6,9H,4-5,7-8,10H2,1H3,(H,18,21). The highest BCUT2D eigenvalue weighted by Gasteiger charge is 2.25. The molecule has 0 radical (unpaired) electrons. The molecule has 0 saturated heterocycles. The Morgan fingerprint density at radius 3 is 3.04 bits per heavy atom. The highest BCUT2D eigenvalue weighted by molar-refractivity contribution is 5.78. The molecule has 3 rings (SSSR count). The molecule has 23 heavy (non-hydrogen) atoms.